The van der Waals surface area contributed by atoms with Crippen molar-refractivity contribution in [2.45, 2.75) is 19.0 Å². The molecule has 0 bridgehead atoms. The van der Waals surface area contributed by atoms with Crippen molar-refractivity contribution in [3.05, 3.63) is 0 Å². The number of morpholine rings is 1. The van der Waals surface area contributed by atoms with Crippen molar-refractivity contribution < 1.29 is 4.74 Å². The summed E-state index contributed by atoms with van der Waals surface area (Å²) in [5.41, 5.74) is 0. The molecule has 0 aromatic heterocycles. The van der Waals surface area contributed by atoms with Crippen LogP contribution in [0.1, 0.15) is 6.92 Å². The molecular formula is C8H18N2O. The van der Waals surface area contributed by atoms with Crippen molar-refractivity contribution in [3.63, 3.8) is 0 Å². The minimum Gasteiger partial charge on any atom is -0.378 e. The summed E-state index contributed by atoms with van der Waals surface area (Å²) >= 11 is 0. The molecular weight excluding hydrogens is 140 g/mol. The van der Waals surface area contributed by atoms with E-state index < -0.39 is 0 Å². The molecule has 66 valence electrons. The average molecular weight is 158 g/mol. The molecule has 0 radical (unpaired) electrons. The van der Waals surface area contributed by atoms with Crippen molar-refractivity contribution in [1.82, 2.24) is 10.2 Å². The van der Waals surface area contributed by atoms with Gasteiger partial charge in [0.2, 0.25) is 0 Å². The Morgan fingerprint density at radius 3 is 2.73 bits per heavy atom. The van der Waals surface area contributed by atoms with Gasteiger partial charge in [0.05, 0.1) is 13.2 Å². The Bertz CT molecular complexity index is 115. The maximum atomic E-state index is 5.41. The molecule has 11 heavy (non-hydrogen) atoms. The Morgan fingerprint density at radius 1 is 1.45 bits per heavy atom. The average Bonchev–Trinajstić information content (AvgIpc) is 1.85. The summed E-state index contributed by atoms with van der Waals surface area (Å²) in [6.07, 6.45) is 0. The molecule has 1 saturated heterocycles. The third-order valence-electron chi connectivity index (χ3n) is 1.79. The number of rotatable bonds is 2. The molecule has 1 heterocycles. The second-order valence-electron chi connectivity index (χ2n) is 3.56. The van der Waals surface area contributed by atoms with Gasteiger partial charge in [0, 0.05) is 18.6 Å². The maximum Gasteiger partial charge on any atom is 0.0633 e. The molecule has 3 heteroatoms. The van der Waals surface area contributed by atoms with Gasteiger partial charge in [-0.3, -0.25) is 0 Å². The SMILES string of the molecule is CC1COC[C@@H](CN(C)C)N1. The minimum atomic E-state index is 0.508. The number of hydrogen-bond donors (Lipinski definition) is 1. The Hall–Kier alpha value is -0.120. The molecule has 1 rings (SSSR count). The molecule has 2 atom stereocenters. The zero-order chi connectivity index (χ0) is 8.27. The lowest BCUT2D eigenvalue weighted by atomic mass is 10.2. The fourth-order valence-corrected chi connectivity index (χ4v) is 1.43. The van der Waals surface area contributed by atoms with Gasteiger partial charge in [-0.1, -0.05) is 0 Å². The van der Waals surface area contributed by atoms with Crippen LogP contribution in [0.5, 0.6) is 0 Å². The molecule has 0 aromatic carbocycles. The molecule has 1 aliphatic rings. The summed E-state index contributed by atoms with van der Waals surface area (Å²) in [4.78, 5) is 2.18. The second kappa shape index (κ2) is 4.04. The van der Waals surface area contributed by atoms with Crippen molar-refractivity contribution in [2.75, 3.05) is 33.9 Å². The van der Waals surface area contributed by atoms with Gasteiger partial charge in [0.1, 0.15) is 0 Å². The highest BCUT2D eigenvalue weighted by Gasteiger charge is 2.17. The molecule has 1 N–H and O–H groups in total. The highest BCUT2D eigenvalue weighted by atomic mass is 16.5. The van der Waals surface area contributed by atoms with E-state index in [9.17, 15) is 0 Å². The van der Waals surface area contributed by atoms with Gasteiger partial charge in [0.15, 0.2) is 0 Å². The number of likely N-dealkylation sites (N-methyl/N-ethyl adjacent to an activating group) is 1. The summed E-state index contributed by atoms with van der Waals surface area (Å²) < 4.78 is 5.41. The first-order chi connectivity index (χ1) is 5.18. The third kappa shape index (κ3) is 3.18. The Kier molecular flexibility index (Phi) is 3.30. The van der Waals surface area contributed by atoms with E-state index >= 15 is 0 Å². The molecule has 0 aromatic rings. The molecule has 1 unspecified atom stereocenters. The highest BCUT2D eigenvalue weighted by molar-refractivity contribution is 4.77. The summed E-state index contributed by atoms with van der Waals surface area (Å²) in [5, 5.41) is 3.48. The maximum absolute atomic E-state index is 5.41. The van der Waals surface area contributed by atoms with Crippen LogP contribution in [0.25, 0.3) is 0 Å². The van der Waals surface area contributed by atoms with Crippen molar-refractivity contribution in [1.29, 1.82) is 0 Å². The zero-order valence-corrected chi connectivity index (χ0v) is 7.63. The Morgan fingerprint density at radius 2 is 2.18 bits per heavy atom. The fraction of sp³-hybridized carbons (Fsp3) is 1.00. The normalized spacial score (nSPS) is 32.7. The molecule has 1 fully saturated rings. The van der Waals surface area contributed by atoms with Gasteiger partial charge in [-0.2, -0.15) is 0 Å². The largest absolute Gasteiger partial charge is 0.378 e. The molecule has 3 nitrogen and oxygen atoms in total. The van der Waals surface area contributed by atoms with Crippen molar-refractivity contribution >= 4 is 0 Å². The standard InChI is InChI=1S/C8H18N2O/c1-7-5-11-6-8(9-7)4-10(2)3/h7-9H,4-6H2,1-3H3/t7?,8-/m1/s1. The van der Waals surface area contributed by atoms with Crippen LogP contribution in [0.15, 0.2) is 0 Å². The van der Waals surface area contributed by atoms with Gasteiger partial charge in [-0.15, -0.1) is 0 Å². The lowest BCUT2D eigenvalue weighted by Gasteiger charge is -2.30. The van der Waals surface area contributed by atoms with E-state index in [0.29, 0.717) is 12.1 Å². The topological polar surface area (TPSA) is 24.5 Å². The number of nitrogens with one attached hydrogen (secondary N) is 1. The summed E-state index contributed by atoms with van der Waals surface area (Å²) in [6, 6.07) is 1.02. The molecule has 1 aliphatic heterocycles. The van der Waals surface area contributed by atoms with Crippen LogP contribution >= 0.6 is 0 Å². The van der Waals surface area contributed by atoms with E-state index in [4.69, 9.17) is 4.74 Å². The molecule has 0 spiro atoms. The van der Waals surface area contributed by atoms with Crippen molar-refractivity contribution in [3.8, 4) is 0 Å². The van der Waals surface area contributed by atoms with Gasteiger partial charge in [-0.25, -0.2) is 0 Å². The monoisotopic (exact) mass is 158 g/mol. The number of nitrogens with zero attached hydrogens (tertiary/aromatic N) is 1. The van der Waals surface area contributed by atoms with E-state index in [2.05, 4.69) is 31.2 Å². The predicted molar refractivity (Wildman–Crippen MR) is 45.8 cm³/mol. The summed E-state index contributed by atoms with van der Waals surface area (Å²) in [6.45, 7) is 4.92. The lowest BCUT2D eigenvalue weighted by Crippen LogP contribution is -2.51. The first kappa shape index (κ1) is 8.97. The van der Waals surface area contributed by atoms with E-state index in [-0.39, 0.29) is 0 Å². The van der Waals surface area contributed by atoms with E-state index in [0.717, 1.165) is 19.8 Å². The number of hydrogen-bond acceptors (Lipinski definition) is 3. The quantitative estimate of drug-likeness (QED) is 0.608. The van der Waals surface area contributed by atoms with Crippen LogP contribution < -0.4 is 5.32 Å². The molecule has 0 aliphatic carbocycles. The Labute approximate surface area is 68.7 Å². The minimum absolute atomic E-state index is 0.508. The van der Waals surface area contributed by atoms with Crippen LogP contribution in [0.3, 0.4) is 0 Å². The first-order valence-corrected chi connectivity index (χ1v) is 4.17. The number of ether oxygens (including phenoxy) is 1. The van der Waals surface area contributed by atoms with Crippen LogP contribution in [-0.4, -0.2) is 50.8 Å². The van der Waals surface area contributed by atoms with E-state index in [1.165, 1.54) is 0 Å². The fourth-order valence-electron chi connectivity index (χ4n) is 1.43. The van der Waals surface area contributed by atoms with Gasteiger partial charge in [-0.05, 0) is 21.0 Å². The molecule has 0 amide bonds. The predicted octanol–water partition coefficient (Wildman–Crippen LogP) is -0.0751. The molecule has 0 saturated carbocycles. The van der Waals surface area contributed by atoms with Crippen LogP contribution in [-0.2, 0) is 4.74 Å². The van der Waals surface area contributed by atoms with Gasteiger partial charge < -0.3 is 15.0 Å². The van der Waals surface area contributed by atoms with Crippen LogP contribution in [0, 0.1) is 0 Å². The van der Waals surface area contributed by atoms with Crippen LogP contribution in [0.2, 0.25) is 0 Å². The van der Waals surface area contributed by atoms with Gasteiger partial charge >= 0.3 is 0 Å². The second-order valence-corrected chi connectivity index (χ2v) is 3.56. The smallest absolute Gasteiger partial charge is 0.0633 e. The zero-order valence-electron chi connectivity index (χ0n) is 7.63. The first-order valence-electron chi connectivity index (χ1n) is 4.17. The third-order valence-corrected chi connectivity index (χ3v) is 1.79. The summed E-state index contributed by atoms with van der Waals surface area (Å²) in [7, 11) is 4.17. The highest BCUT2D eigenvalue weighted by Crippen LogP contribution is 1.99. The van der Waals surface area contributed by atoms with Crippen molar-refractivity contribution in [2.24, 2.45) is 0 Å². The van der Waals surface area contributed by atoms with E-state index in [1.807, 2.05) is 0 Å². The van der Waals surface area contributed by atoms with Gasteiger partial charge in [0.25, 0.3) is 0 Å². The Balaban J connectivity index is 2.23. The van der Waals surface area contributed by atoms with E-state index in [1.54, 1.807) is 0 Å². The van der Waals surface area contributed by atoms with Crippen LogP contribution in [0.4, 0.5) is 0 Å². The lowest BCUT2D eigenvalue weighted by molar-refractivity contribution is 0.0430. The summed E-state index contributed by atoms with van der Waals surface area (Å²) in [5.74, 6) is 0.